The Kier molecular flexibility index (Phi) is 3.91. The van der Waals surface area contributed by atoms with Crippen molar-refractivity contribution in [1.82, 2.24) is 9.97 Å². The average Bonchev–Trinajstić information content (AvgIpc) is 3.08. The van der Waals surface area contributed by atoms with Crippen LogP contribution in [0.15, 0.2) is 30.5 Å². The molecule has 0 amide bonds. The topological polar surface area (TPSA) is 75.6 Å². The summed E-state index contributed by atoms with van der Waals surface area (Å²) in [5.74, 6) is 0.717. The van der Waals surface area contributed by atoms with Gasteiger partial charge in [-0.2, -0.15) is 0 Å². The molecule has 0 atom stereocenters. The zero-order chi connectivity index (χ0) is 15.5. The van der Waals surface area contributed by atoms with Gasteiger partial charge in [0.05, 0.1) is 7.11 Å². The first-order valence-corrected chi connectivity index (χ1v) is 7.19. The molecule has 0 radical (unpaired) electrons. The van der Waals surface area contributed by atoms with E-state index >= 15 is 0 Å². The van der Waals surface area contributed by atoms with Crippen molar-refractivity contribution in [1.29, 1.82) is 0 Å². The number of carbonyl (C=O) groups is 1. The molecule has 2 aromatic rings. The molecule has 114 valence electrons. The Labute approximate surface area is 128 Å². The Bertz CT molecular complexity index is 697. The van der Waals surface area contributed by atoms with Crippen LogP contribution in [0.3, 0.4) is 0 Å². The fourth-order valence-electron chi connectivity index (χ4n) is 2.59. The predicted molar refractivity (Wildman–Crippen MR) is 82.4 cm³/mol. The summed E-state index contributed by atoms with van der Waals surface area (Å²) in [5, 5.41) is 9.34. The summed E-state index contributed by atoms with van der Waals surface area (Å²) >= 11 is 0. The second kappa shape index (κ2) is 6.01. The van der Waals surface area contributed by atoms with Gasteiger partial charge in [0.1, 0.15) is 17.1 Å². The van der Waals surface area contributed by atoms with Gasteiger partial charge in [0.2, 0.25) is 0 Å². The van der Waals surface area contributed by atoms with Gasteiger partial charge in [-0.15, -0.1) is 0 Å². The third-order valence-corrected chi connectivity index (χ3v) is 3.73. The average molecular weight is 299 g/mol. The highest BCUT2D eigenvalue weighted by molar-refractivity contribution is 5.93. The van der Waals surface area contributed by atoms with E-state index in [0.29, 0.717) is 17.4 Å². The summed E-state index contributed by atoms with van der Waals surface area (Å²) in [6.45, 7) is 1.66. The van der Waals surface area contributed by atoms with Crippen LogP contribution in [0.5, 0.6) is 5.75 Å². The first-order valence-electron chi connectivity index (χ1n) is 7.19. The number of anilines is 1. The fraction of sp³-hybridized carbons (Fsp3) is 0.312. The third-order valence-electron chi connectivity index (χ3n) is 3.73. The Morgan fingerprint density at radius 3 is 2.77 bits per heavy atom. The van der Waals surface area contributed by atoms with Crippen LogP contribution in [0.4, 0.5) is 5.82 Å². The van der Waals surface area contributed by atoms with Crippen molar-refractivity contribution in [2.75, 3.05) is 25.1 Å². The molecule has 22 heavy (non-hydrogen) atoms. The van der Waals surface area contributed by atoms with E-state index < -0.39 is 5.97 Å². The van der Waals surface area contributed by atoms with Gasteiger partial charge < -0.3 is 14.7 Å². The van der Waals surface area contributed by atoms with E-state index in [1.165, 1.54) is 6.20 Å². The number of hydrogen-bond acceptors (Lipinski definition) is 5. The van der Waals surface area contributed by atoms with Gasteiger partial charge in [0.25, 0.3) is 0 Å². The van der Waals surface area contributed by atoms with Crippen LogP contribution >= 0.6 is 0 Å². The molecule has 1 fully saturated rings. The summed E-state index contributed by atoms with van der Waals surface area (Å²) in [4.78, 5) is 22.1. The van der Waals surface area contributed by atoms with E-state index in [1.807, 2.05) is 29.2 Å². The van der Waals surface area contributed by atoms with Crippen molar-refractivity contribution in [2.45, 2.75) is 12.8 Å². The van der Waals surface area contributed by atoms with Crippen molar-refractivity contribution in [2.24, 2.45) is 0 Å². The van der Waals surface area contributed by atoms with E-state index in [4.69, 9.17) is 4.74 Å². The molecular formula is C16H17N3O3. The smallest absolute Gasteiger partial charge is 0.341 e. The van der Waals surface area contributed by atoms with E-state index in [2.05, 4.69) is 9.97 Å². The molecule has 3 rings (SSSR count). The van der Waals surface area contributed by atoms with E-state index in [-0.39, 0.29) is 5.56 Å². The summed E-state index contributed by atoms with van der Waals surface area (Å²) in [7, 11) is 1.60. The van der Waals surface area contributed by atoms with Crippen LogP contribution in [0.2, 0.25) is 0 Å². The molecule has 0 bridgehead atoms. The lowest BCUT2D eigenvalue weighted by atomic mass is 10.2. The number of carboxylic acid groups (broad SMARTS) is 1. The lowest BCUT2D eigenvalue weighted by Gasteiger charge is -2.19. The van der Waals surface area contributed by atoms with E-state index in [9.17, 15) is 9.90 Å². The van der Waals surface area contributed by atoms with Gasteiger partial charge in [0.15, 0.2) is 5.82 Å². The SMILES string of the molecule is COc1cccc(-c2ncc(C(=O)O)c(N3CCCC3)n2)c1. The number of ether oxygens (including phenoxy) is 1. The molecule has 1 N–H and O–H groups in total. The molecule has 1 aliphatic rings. The van der Waals surface area contributed by atoms with E-state index in [1.54, 1.807) is 7.11 Å². The number of benzene rings is 1. The first kappa shape index (κ1) is 14.3. The second-order valence-electron chi connectivity index (χ2n) is 5.16. The van der Waals surface area contributed by atoms with Gasteiger partial charge in [-0.1, -0.05) is 12.1 Å². The summed E-state index contributed by atoms with van der Waals surface area (Å²) in [6.07, 6.45) is 3.49. The van der Waals surface area contributed by atoms with Crippen LogP contribution in [0.1, 0.15) is 23.2 Å². The van der Waals surface area contributed by atoms with Crippen molar-refractivity contribution in [3.8, 4) is 17.1 Å². The quantitative estimate of drug-likeness (QED) is 0.934. The minimum absolute atomic E-state index is 0.147. The van der Waals surface area contributed by atoms with Gasteiger partial charge >= 0.3 is 5.97 Å². The number of rotatable bonds is 4. The normalized spacial score (nSPS) is 14.1. The maximum Gasteiger partial charge on any atom is 0.341 e. The van der Waals surface area contributed by atoms with Crippen molar-refractivity contribution < 1.29 is 14.6 Å². The predicted octanol–water partition coefficient (Wildman–Crippen LogP) is 2.45. The molecule has 0 saturated carbocycles. The largest absolute Gasteiger partial charge is 0.497 e. The number of nitrogens with zero attached hydrogens (tertiary/aromatic N) is 3. The highest BCUT2D eigenvalue weighted by Crippen LogP contribution is 2.26. The maximum absolute atomic E-state index is 11.4. The summed E-state index contributed by atoms with van der Waals surface area (Å²) in [6, 6.07) is 7.42. The van der Waals surface area contributed by atoms with Crippen LogP contribution in [-0.4, -0.2) is 41.2 Å². The fourth-order valence-corrected chi connectivity index (χ4v) is 2.59. The molecule has 1 saturated heterocycles. The molecule has 6 nitrogen and oxygen atoms in total. The number of hydrogen-bond donors (Lipinski definition) is 1. The van der Waals surface area contributed by atoms with Gasteiger partial charge in [-0.3, -0.25) is 0 Å². The monoisotopic (exact) mass is 299 g/mol. The van der Waals surface area contributed by atoms with Crippen LogP contribution in [0.25, 0.3) is 11.4 Å². The number of aromatic nitrogens is 2. The molecule has 0 spiro atoms. The number of methoxy groups -OCH3 is 1. The van der Waals surface area contributed by atoms with Crippen LogP contribution in [-0.2, 0) is 0 Å². The molecule has 0 aliphatic carbocycles. The maximum atomic E-state index is 11.4. The number of aromatic carboxylic acids is 1. The van der Waals surface area contributed by atoms with Crippen LogP contribution in [0, 0.1) is 0 Å². The highest BCUT2D eigenvalue weighted by Gasteiger charge is 2.22. The Balaban J connectivity index is 2.05. The molecule has 2 heterocycles. The standard InChI is InChI=1S/C16H17N3O3/c1-22-12-6-4-5-11(9-12)14-17-10-13(16(20)21)15(18-14)19-7-2-3-8-19/h4-6,9-10H,2-3,7-8H2,1H3,(H,20,21). The van der Waals surface area contributed by atoms with Crippen molar-refractivity contribution in [3.05, 3.63) is 36.0 Å². The molecule has 1 aliphatic heterocycles. The minimum Gasteiger partial charge on any atom is -0.497 e. The minimum atomic E-state index is -1.00. The zero-order valence-electron chi connectivity index (χ0n) is 12.3. The van der Waals surface area contributed by atoms with Crippen molar-refractivity contribution >= 4 is 11.8 Å². The highest BCUT2D eigenvalue weighted by atomic mass is 16.5. The third kappa shape index (κ3) is 2.72. The molecule has 1 aromatic heterocycles. The van der Waals surface area contributed by atoms with E-state index in [0.717, 1.165) is 31.5 Å². The summed E-state index contributed by atoms with van der Waals surface area (Å²) < 4.78 is 5.21. The Hall–Kier alpha value is -2.63. The van der Waals surface area contributed by atoms with Gasteiger partial charge in [-0.05, 0) is 25.0 Å². The summed E-state index contributed by atoms with van der Waals surface area (Å²) in [5.41, 5.74) is 0.949. The molecule has 1 aromatic carbocycles. The molecular weight excluding hydrogens is 282 g/mol. The van der Waals surface area contributed by atoms with Crippen LogP contribution < -0.4 is 9.64 Å². The van der Waals surface area contributed by atoms with Gasteiger partial charge in [-0.25, -0.2) is 14.8 Å². The second-order valence-corrected chi connectivity index (χ2v) is 5.16. The Morgan fingerprint density at radius 2 is 2.09 bits per heavy atom. The Morgan fingerprint density at radius 1 is 1.32 bits per heavy atom. The van der Waals surface area contributed by atoms with Gasteiger partial charge in [0, 0.05) is 24.8 Å². The number of carboxylic acids is 1. The van der Waals surface area contributed by atoms with Crippen molar-refractivity contribution in [3.63, 3.8) is 0 Å². The lowest BCUT2D eigenvalue weighted by molar-refractivity contribution is 0.0696. The lowest BCUT2D eigenvalue weighted by Crippen LogP contribution is -2.22. The first-order chi connectivity index (χ1) is 10.7. The molecule has 6 heteroatoms. The molecule has 0 unspecified atom stereocenters. The zero-order valence-corrected chi connectivity index (χ0v) is 12.3.